The van der Waals surface area contributed by atoms with Gasteiger partial charge in [-0.25, -0.2) is 0 Å². The lowest BCUT2D eigenvalue weighted by atomic mass is 10.0. The summed E-state index contributed by atoms with van der Waals surface area (Å²) in [5.41, 5.74) is 24.6. The highest BCUT2D eigenvalue weighted by Gasteiger charge is 2.28. The van der Waals surface area contributed by atoms with E-state index in [1.165, 1.54) is 0 Å². The first-order chi connectivity index (χ1) is 13.9. The number of aromatic nitrogens is 4. The van der Waals surface area contributed by atoms with E-state index in [1.807, 2.05) is 16.7 Å². The largest absolute Gasteiger partial charge is 0.360 e. The highest BCUT2D eigenvalue weighted by molar-refractivity contribution is 5.53. The van der Waals surface area contributed by atoms with Crippen molar-refractivity contribution in [1.29, 1.82) is 0 Å². The van der Waals surface area contributed by atoms with Gasteiger partial charge in [0.2, 0.25) is 17.8 Å². The predicted molar refractivity (Wildman–Crippen MR) is 110 cm³/mol. The van der Waals surface area contributed by atoms with E-state index in [4.69, 9.17) is 27.5 Å². The number of piperidine rings is 2. The van der Waals surface area contributed by atoms with Crippen molar-refractivity contribution in [2.75, 3.05) is 41.3 Å². The van der Waals surface area contributed by atoms with Crippen molar-refractivity contribution < 1.29 is 4.52 Å². The third kappa shape index (κ3) is 4.72. The van der Waals surface area contributed by atoms with Crippen molar-refractivity contribution >= 4 is 23.7 Å². The third-order valence-corrected chi connectivity index (χ3v) is 5.08. The van der Waals surface area contributed by atoms with Gasteiger partial charge in [-0.1, -0.05) is 5.16 Å². The molecule has 12 nitrogen and oxygen atoms in total. The third-order valence-electron chi connectivity index (χ3n) is 5.08. The number of hydrogen-bond donors (Lipinski definition) is 5. The van der Waals surface area contributed by atoms with Crippen LogP contribution in [0.4, 0.5) is 23.7 Å². The first-order valence-electron chi connectivity index (χ1n) is 9.84. The van der Waals surface area contributed by atoms with E-state index >= 15 is 0 Å². The Labute approximate surface area is 169 Å². The van der Waals surface area contributed by atoms with Crippen molar-refractivity contribution in [1.82, 2.24) is 20.1 Å². The number of nitrogens with one attached hydrogen (secondary N) is 1. The number of nitrogens with two attached hydrogens (primary N) is 4. The van der Waals surface area contributed by atoms with Crippen LogP contribution in [0, 0.1) is 6.92 Å². The molecular weight excluding hydrogens is 374 g/mol. The summed E-state index contributed by atoms with van der Waals surface area (Å²) in [6.07, 6.45) is 1.54. The van der Waals surface area contributed by atoms with Crippen molar-refractivity contribution in [2.45, 2.75) is 43.9 Å². The second-order valence-corrected chi connectivity index (χ2v) is 8.03. The van der Waals surface area contributed by atoms with Gasteiger partial charge in [0.05, 0.1) is 0 Å². The molecule has 4 atom stereocenters. The van der Waals surface area contributed by atoms with Gasteiger partial charge in [-0.3, -0.25) is 0 Å². The first-order valence-corrected chi connectivity index (χ1v) is 9.84. The summed E-state index contributed by atoms with van der Waals surface area (Å²) >= 11 is 0. The highest BCUT2D eigenvalue weighted by Crippen LogP contribution is 2.23. The average molecular weight is 403 g/mol. The number of aryl methyl sites for hydroxylation is 1. The predicted octanol–water partition coefficient (Wildman–Crippen LogP) is -1.36. The summed E-state index contributed by atoms with van der Waals surface area (Å²) in [6.45, 7) is 4.31. The van der Waals surface area contributed by atoms with Crippen LogP contribution < -0.4 is 38.1 Å². The van der Waals surface area contributed by atoms with Crippen LogP contribution in [-0.4, -0.2) is 70.5 Å². The van der Waals surface area contributed by atoms with Crippen LogP contribution in [0.5, 0.6) is 0 Å². The SMILES string of the molecule is Cc1cc(Nc2nc(N3C[C@H](N)C[C@H](N)C3)nc(N3C[C@H](N)C[C@H](N)C3)n2)no1. The molecule has 158 valence electrons. The molecule has 12 heteroatoms. The molecule has 0 bridgehead atoms. The molecule has 29 heavy (non-hydrogen) atoms. The minimum absolute atomic E-state index is 0.0367. The summed E-state index contributed by atoms with van der Waals surface area (Å²) in [7, 11) is 0. The highest BCUT2D eigenvalue weighted by atomic mass is 16.5. The number of anilines is 4. The lowest BCUT2D eigenvalue weighted by Gasteiger charge is -2.36. The van der Waals surface area contributed by atoms with Gasteiger partial charge in [0.25, 0.3) is 0 Å². The standard InChI is InChI=1S/C17H29N11O/c1-9-2-14(26-29-9)22-15-23-16(27-5-10(18)3-11(19)6-27)25-17(24-15)28-7-12(20)4-13(21)8-28/h2,10-13H,3-8,18-21H2,1H3,(H,22,23,24,25,26)/t10-,11+,12-,13+. The van der Waals surface area contributed by atoms with Gasteiger partial charge in [0.15, 0.2) is 5.82 Å². The molecule has 2 saturated heterocycles. The molecular formula is C17H29N11O. The summed E-state index contributed by atoms with van der Waals surface area (Å²) < 4.78 is 5.12. The van der Waals surface area contributed by atoms with Crippen molar-refractivity contribution in [3.63, 3.8) is 0 Å². The Kier molecular flexibility index (Phi) is 5.50. The monoisotopic (exact) mass is 403 g/mol. The van der Waals surface area contributed by atoms with E-state index in [2.05, 4.69) is 25.4 Å². The molecule has 2 aliphatic heterocycles. The second-order valence-electron chi connectivity index (χ2n) is 8.03. The van der Waals surface area contributed by atoms with Crippen LogP contribution >= 0.6 is 0 Å². The minimum atomic E-state index is -0.0367. The van der Waals surface area contributed by atoms with Crippen molar-refractivity contribution in [3.8, 4) is 0 Å². The molecule has 2 aromatic heterocycles. The molecule has 2 fully saturated rings. The smallest absolute Gasteiger partial charge is 0.235 e. The van der Waals surface area contributed by atoms with Crippen LogP contribution in [0.1, 0.15) is 18.6 Å². The maximum absolute atomic E-state index is 6.16. The van der Waals surface area contributed by atoms with Crippen LogP contribution in [0.2, 0.25) is 0 Å². The molecule has 0 spiro atoms. The molecule has 0 aromatic carbocycles. The molecule has 0 aliphatic carbocycles. The van der Waals surface area contributed by atoms with Crippen LogP contribution in [0.15, 0.2) is 10.6 Å². The van der Waals surface area contributed by atoms with E-state index < -0.39 is 0 Å². The fraction of sp³-hybridized carbons (Fsp3) is 0.647. The molecule has 0 radical (unpaired) electrons. The molecule has 2 aromatic rings. The minimum Gasteiger partial charge on any atom is -0.360 e. The van der Waals surface area contributed by atoms with Crippen LogP contribution in [0.25, 0.3) is 0 Å². The number of nitrogens with zero attached hydrogens (tertiary/aromatic N) is 6. The number of rotatable bonds is 4. The molecule has 4 rings (SSSR count). The quantitative estimate of drug-likeness (QED) is 0.404. The Balaban J connectivity index is 1.66. The fourth-order valence-electron chi connectivity index (χ4n) is 3.92. The summed E-state index contributed by atoms with van der Waals surface area (Å²) in [5.74, 6) is 2.58. The first kappa shape index (κ1) is 19.8. The van der Waals surface area contributed by atoms with E-state index in [0.29, 0.717) is 55.6 Å². The Bertz CT molecular complexity index is 778. The molecule has 2 aliphatic rings. The number of hydrogen-bond acceptors (Lipinski definition) is 12. The van der Waals surface area contributed by atoms with Gasteiger partial charge in [-0.2, -0.15) is 15.0 Å². The van der Waals surface area contributed by atoms with Gasteiger partial charge in [-0.05, 0) is 19.8 Å². The lowest BCUT2D eigenvalue weighted by molar-refractivity contribution is 0.400. The van der Waals surface area contributed by atoms with Crippen LogP contribution in [-0.2, 0) is 0 Å². The van der Waals surface area contributed by atoms with E-state index in [1.54, 1.807) is 6.07 Å². The van der Waals surface area contributed by atoms with Crippen LogP contribution in [0.3, 0.4) is 0 Å². The summed E-state index contributed by atoms with van der Waals surface area (Å²) in [5, 5.41) is 7.03. The van der Waals surface area contributed by atoms with Crippen molar-refractivity contribution in [3.05, 3.63) is 11.8 Å². The van der Waals surface area contributed by atoms with Gasteiger partial charge in [0.1, 0.15) is 5.76 Å². The molecule has 0 unspecified atom stereocenters. The fourth-order valence-corrected chi connectivity index (χ4v) is 3.92. The zero-order chi connectivity index (χ0) is 20.5. The zero-order valence-corrected chi connectivity index (χ0v) is 16.5. The Morgan fingerprint density at radius 1 is 0.862 bits per heavy atom. The topological polar surface area (TPSA) is 187 Å². The van der Waals surface area contributed by atoms with Gasteiger partial charge in [0, 0.05) is 56.4 Å². The van der Waals surface area contributed by atoms with Gasteiger partial charge in [-0.15, -0.1) is 0 Å². The van der Waals surface area contributed by atoms with E-state index in [0.717, 1.165) is 12.8 Å². The molecule has 4 heterocycles. The maximum Gasteiger partial charge on any atom is 0.235 e. The zero-order valence-electron chi connectivity index (χ0n) is 16.5. The Morgan fingerprint density at radius 3 is 1.76 bits per heavy atom. The average Bonchev–Trinajstić information content (AvgIpc) is 3.04. The summed E-state index contributed by atoms with van der Waals surface area (Å²) in [6, 6.07) is 1.62. The lowest BCUT2D eigenvalue weighted by Crippen LogP contribution is -2.54. The van der Waals surface area contributed by atoms with Crippen molar-refractivity contribution in [2.24, 2.45) is 22.9 Å². The maximum atomic E-state index is 6.16. The molecule has 0 saturated carbocycles. The van der Waals surface area contributed by atoms with Gasteiger partial charge < -0.3 is 42.6 Å². The Morgan fingerprint density at radius 2 is 1.34 bits per heavy atom. The van der Waals surface area contributed by atoms with E-state index in [9.17, 15) is 0 Å². The second kappa shape index (κ2) is 8.06. The summed E-state index contributed by atoms with van der Waals surface area (Å²) in [4.78, 5) is 17.8. The van der Waals surface area contributed by atoms with Gasteiger partial charge >= 0.3 is 0 Å². The Hall–Kier alpha value is -2.54. The molecule has 0 amide bonds. The normalized spacial score (nSPS) is 27.9. The van der Waals surface area contributed by atoms with E-state index in [-0.39, 0.29) is 24.2 Å². The molecule has 9 N–H and O–H groups in total.